The van der Waals surface area contributed by atoms with Crippen LogP contribution in [0, 0.1) is 10.6 Å². The minimum Gasteiger partial charge on any atom is -0.376 e. The zero-order valence-corrected chi connectivity index (χ0v) is 18.8. The zero-order valence-electron chi connectivity index (χ0n) is 17.2. The molecule has 1 amide bonds. The molecule has 0 radical (unpaired) electrons. The fourth-order valence-corrected chi connectivity index (χ4v) is 4.63. The van der Waals surface area contributed by atoms with E-state index in [1.807, 2.05) is 29.1 Å². The Bertz CT molecular complexity index is 1090. The average Bonchev–Trinajstić information content (AvgIpc) is 3.47. The highest BCUT2D eigenvalue weighted by Crippen LogP contribution is 2.25. The summed E-state index contributed by atoms with van der Waals surface area (Å²) < 4.78 is 23.6. The van der Waals surface area contributed by atoms with Gasteiger partial charge in [0.25, 0.3) is 5.91 Å². The van der Waals surface area contributed by atoms with Gasteiger partial charge in [-0.3, -0.25) is 9.36 Å². The molecule has 1 saturated heterocycles. The van der Waals surface area contributed by atoms with Gasteiger partial charge in [-0.05, 0) is 54.7 Å². The van der Waals surface area contributed by atoms with Crippen LogP contribution in [0.25, 0.3) is 10.7 Å². The van der Waals surface area contributed by atoms with Crippen molar-refractivity contribution in [1.82, 2.24) is 14.3 Å². The molecule has 1 fully saturated rings. The first kappa shape index (κ1) is 21.8. The molecule has 0 spiro atoms. The van der Waals surface area contributed by atoms with Gasteiger partial charge in [-0.2, -0.15) is 4.68 Å². The number of carbonyl (C=O) groups is 1. The molecule has 2 atom stereocenters. The molecule has 1 unspecified atom stereocenters. The Morgan fingerprint density at radius 3 is 3.00 bits per heavy atom. The van der Waals surface area contributed by atoms with Crippen molar-refractivity contribution in [3.05, 3.63) is 52.4 Å². The molecule has 3 aromatic rings. The van der Waals surface area contributed by atoms with Crippen LogP contribution < -0.4 is 10.2 Å². The van der Waals surface area contributed by atoms with E-state index in [-0.39, 0.29) is 24.4 Å². The minimum atomic E-state index is -0.386. The van der Waals surface area contributed by atoms with E-state index < -0.39 is 0 Å². The van der Waals surface area contributed by atoms with Crippen LogP contribution in [-0.2, 0) is 22.7 Å². The molecule has 7 nitrogen and oxygen atoms in total. The van der Waals surface area contributed by atoms with Gasteiger partial charge in [-0.25, -0.2) is 4.39 Å². The standard InChI is InChI=1S/C21H24FN5O2S2/c1-25(13-19(28)23-16-6-2-5-15(22)11-16)14-27-21(30)26(12-17-7-3-9-29-17)20(24-27)18-8-4-10-31-18/h2,4-6,8,10-11,17H,3,7,9,12-14H2,1H3,(H,23,28)/p+1/t17-/m0/s1. The smallest absolute Gasteiger partial charge is 0.279 e. The zero-order chi connectivity index (χ0) is 21.8. The number of halogens is 1. The third-order valence-electron chi connectivity index (χ3n) is 5.06. The average molecular weight is 463 g/mol. The third-order valence-corrected chi connectivity index (χ3v) is 6.36. The minimum absolute atomic E-state index is 0.144. The van der Waals surface area contributed by atoms with Crippen LogP contribution in [0.3, 0.4) is 0 Å². The molecule has 0 saturated carbocycles. The first-order valence-electron chi connectivity index (χ1n) is 10.2. The number of thiophene rings is 1. The lowest BCUT2D eigenvalue weighted by Crippen LogP contribution is -3.09. The van der Waals surface area contributed by atoms with Crippen molar-refractivity contribution >= 4 is 35.1 Å². The number of quaternary nitrogens is 1. The van der Waals surface area contributed by atoms with Gasteiger partial charge in [0.15, 0.2) is 19.0 Å². The van der Waals surface area contributed by atoms with Gasteiger partial charge < -0.3 is 15.0 Å². The molecule has 1 aliphatic heterocycles. The first-order valence-corrected chi connectivity index (χ1v) is 11.5. The number of aromatic nitrogens is 3. The van der Waals surface area contributed by atoms with E-state index in [1.54, 1.807) is 28.2 Å². The number of hydrogen-bond acceptors (Lipinski definition) is 5. The summed E-state index contributed by atoms with van der Waals surface area (Å²) in [6.45, 7) is 2.09. The van der Waals surface area contributed by atoms with E-state index >= 15 is 0 Å². The Morgan fingerprint density at radius 1 is 1.42 bits per heavy atom. The predicted octanol–water partition coefficient (Wildman–Crippen LogP) is 2.57. The molecule has 1 aromatic carbocycles. The molecule has 10 heteroatoms. The van der Waals surface area contributed by atoms with E-state index in [9.17, 15) is 9.18 Å². The summed E-state index contributed by atoms with van der Waals surface area (Å²) in [6.07, 6.45) is 2.22. The van der Waals surface area contributed by atoms with Crippen LogP contribution in [0.5, 0.6) is 0 Å². The van der Waals surface area contributed by atoms with Crippen molar-refractivity contribution < 1.29 is 18.8 Å². The molecular formula is C21H25FN5O2S2+. The largest absolute Gasteiger partial charge is 0.376 e. The summed E-state index contributed by atoms with van der Waals surface area (Å²) in [5.74, 6) is 0.238. The molecule has 0 bridgehead atoms. The second-order valence-corrected chi connectivity index (χ2v) is 8.99. The lowest BCUT2D eigenvalue weighted by molar-refractivity contribution is -0.895. The number of carbonyl (C=O) groups excluding carboxylic acids is 1. The molecule has 4 rings (SSSR count). The van der Waals surface area contributed by atoms with Gasteiger partial charge in [-0.15, -0.1) is 16.4 Å². The van der Waals surface area contributed by atoms with Crippen LogP contribution in [-0.4, -0.2) is 46.6 Å². The summed E-state index contributed by atoms with van der Waals surface area (Å²) in [6, 6.07) is 9.88. The maximum Gasteiger partial charge on any atom is 0.279 e. The second-order valence-electron chi connectivity index (χ2n) is 7.68. The van der Waals surface area contributed by atoms with Gasteiger partial charge in [0.1, 0.15) is 5.82 Å². The van der Waals surface area contributed by atoms with Crippen molar-refractivity contribution in [2.75, 3.05) is 25.5 Å². The number of rotatable bonds is 8. The van der Waals surface area contributed by atoms with Gasteiger partial charge in [0, 0.05) is 12.3 Å². The molecule has 164 valence electrons. The fourth-order valence-electron chi connectivity index (χ4n) is 3.65. The van der Waals surface area contributed by atoms with E-state index in [2.05, 4.69) is 5.32 Å². The SMILES string of the molecule is C[NH+](CC(=O)Nc1cccc(F)c1)Cn1nc(-c2cccs2)n(C[C@@H]2CCCO2)c1=S. The van der Waals surface area contributed by atoms with Gasteiger partial charge >= 0.3 is 0 Å². The third kappa shape index (κ3) is 5.45. The highest BCUT2D eigenvalue weighted by atomic mass is 32.1. The number of nitrogens with zero attached hydrogens (tertiary/aromatic N) is 3. The number of benzene rings is 1. The maximum absolute atomic E-state index is 13.3. The summed E-state index contributed by atoms with van der Waals surface area (Å²) in [4.78, 5) is 14.3. The summed E-state index contributed by atoms with van der Waals surface area (Å²) >= 11 is 7.35. The summed E-state index contributed by atoms with van der Waals surface area (Å²) in [5.41, 5.74) is 0.440. The monoisotopic (exact) mass is 462 g/mol. The number of nitrogens with one attached hydrogen (secondary N) is 2. The lowest BCUT2D eigenvalue weighted by Gasteiger charge is -2.14. The van der Waals surface area contributed by atoms with Crippen molar-refractivity contribution in [3.63, 3.8) is 0 Å². The Balaban J connectivity index is 1.47. The van der Waals surface area contributed by atoms with Crippen molar-refractivity contribution in [2.24, 2.45) is 0 Å². The second kappa shape index (κ2) is 9.82. The van der Waals surface area contributed by atoms with Crippen molar-refractivity contribution in [2.45, 2.75) is 32.2 Å². The number of anilines is 1. The molecule has 3 heterocycles. The quantitative estimate of drug-likeness (QED) is 0.505. The summed E-state index contributed by atoms with van der Waals surface area (Å²) in [7, 11) is 1.90. The van der Waals surface area contributed by atoms with E-state index in [0.29, 0.717) is 23.7 Å². The molecule has 1 aliphatic rings. The Morgan fingerprint density at radius 2 is 2.29 bits per heavy atom. The van der Waals surface area contributed by atoms with E-state index in [0.717, 1.165) is 35.0 Å². The van der Waals surface area contributed by atoms with E-state index in [4.69, 9.17) is 22.1 Å². The van der Waals surface area contributed by atoms with Crippen LogP contribution in [0.2, 0.25) is 0 Å². The number of hydrogen-bond donors (Lipinski definition) is 2. The molecule has 2 aromatic heterocycles. The first-order chi connectivity index (χ1) is 15.0. The normalized spacial score (nSPS) is 17.0. The van der Waals surface area contributed by atoms with Crippen molar-refractivity contribution in [1.29, 1.82) is 0 Å². The number of likely N-dealkylation sites (N-methyl/N-ethyl adjacent to an activating group) is 1. The predicted molar refractivity (Wildman–Crippen MR) is 120 cm³/mol. The highest BCUT2D eigenvalue weighted by molar-refractivity contribution is 7.71. The van der Waals surface area contributed by atoms with Crippen molar-refractivity contribution in [3.8, 4) is 10.7 Å². The molecular weight excluding hydrogens is 437 g/mol. The van der Waals surface area contributed by atoms with E-state index in [1.165, 1.54) is 12.1 Å². The highest BCUT2D eigenvalue weighted by Gasteiger charge is 2.22. The molecule has 2 N–H and O–H groups in total. The Hall–Kier alpha value is -2.40. The summed E-state index contributed by atoms with van der Waals surface area (Å²) in [5, 5.41) is 9.51. The van der Waals surface area contributed by atoms with Crippen LogP contribution in [0.4, 0.5) is 10.1 Å². The van der Waals surface area contributed by atoms with Crippen LogP contribution in [0.1, 0.15) is 12.8 Å². The van der Waals surface area contributed by atoms with Gasteiger partial charge in [0.2, 0.25) is 4.77 Å². The number of ether oxygens (including phenoxy) is 1. The number of amides is 1. The Labute approximate surface area is 189 Å². The molecule has 31 heavy (non-hydrogen) atoms. The molecule has 0 aliphatic carbocycles. The van der Waals surface area contributed by atoms with Crippen LogP contribution in [0.15, 0.2) is 41.8 Å². The topological polar surface area (TPSA) is 65.5 Å². The maximum atomic E-state index is 13.3. The fraction of sp³-hybridized carbons (Fsp3) is 0.381. The van der Waals surface area contributed by atoms with Gasteiger partial charge in [-0.1, -0.05) is 12.1 Å². The van der Waals surface area contributed by atoms with Crippen LogP contribution >= 0.6 is 23.6 Å². The van der Waals surface area contributed by atoms with Gasteiger partial charge in [0.05, 0.1) is 24.6 Å². The Kier molecular flexibility index (Phi) is 6.91. The lowest BCUT2D eigenvalue weighted by atomic mass is 10.2.